The van der Waals surface area contributed by atoms with Crippen molar-refractivity contribution in [3.63, 3.8) is 0 Å². The van der Waals surface area contributed by atoms with Gasteiger partial charge in [-0.05, 0) is 49.8 Å². The van der Waals surface area contributed by atoms with Crippen LogP contribution in [0.3, 0.4) is 0 Å². The minimum Gasteiger partial charge on any atom is -0.459 e. The molecule has 32 heavy (non-hydrogen) atoms. The molecule has 1 aromatic carbocycles. The van der Waals surface area contributed by atoms with Crippen LogP contribution in [0.15, 0.2) is 77.9 Å². The van der Waals surface area contributed by atoms with Gasteiger partial charge in [-0.1, -0.05) is 42.5 Å². The second kappa shape index (κ2) is 8.73. The lowest BCUT2D eigenvalue weighted by molar-refractivity contribution is -0.144. The monoisotopic (exact) mass is 428 g/mol. The second-order valence-corrected chi connectivity index (χ2v) is 9.03. The van der Waals surface area contributed by atoms with Gasteiger partial charge in [0, 0.05) is 42.0 Å². The molecule has 0 bridgehead atoms. The van der Waals surface area contributed by atoms with Crippen molar-refractivity contribution in [1.82, 2.24) is 10.3 Å². The van der Waals surface area contributed by atoms with Crippen LogP contribution in [0, 0.1) is 5.92 Å². The van der Waals surface area contributed by atoms with Crippen LogP contribution < -0.4 is 5.32 Å². The van der Waals surface area contributed by atoms with Crippen molar-refractivity contribution in [2.75, 3.05) is 0 Å². The Labute approximate surface area is 188 Å². The van der Waals surface area contributed by atoms with Gasteiger partial charge in [0.1, 0.15) is 11.9 Å². The van der Waals surface area contributed by atoms with Crippen molar-refractivity contribution < 1.29 is 14.3 Å². The van der Waals surface area contributed by atoms with Gasteiger partial charge < -0.3 is 10.1 Å². The summed E-state index contributed by atoms with van der Waals surface area (Å²) in [6, 6.07) is 13.9. The van der Waals surface area contributed by atoms with Gasteiger partial charge >= 0.3 is 5.97 Å². The van der Waals surface area contributed by atoms with E-state index in [0.29, 0.717) is 12.0 Å². The normalized spacial score (nSPS) is 25.7. The van der Waals surface area contributed by atoms with E-state index < -0.39 is 11.8 Å². The van der Waals surface area contributed by atoms with Crippen molar-refractivity contribution >= 4 is 11.8 Å². The van der Waals surface area contributed by atoms with Crippen molar-refractivity contribution in [3.05, 3.63) is 89.0 Å². The van der Waals surface area contributed by atoms with E-state index in [4.69, 9.17) is 4.74 Å². The van der Waals surface area contributed by atoms with Crippen LogP contribution in [-0.4, -0.2) is 22.8 Å². The van der Waals surface area contributed by atoms with E-state index in [9.17, 15) is 9.59 Å². The molecule has 1 aliphatic heterocycles. The second-order valence-electron chi connectivity index (χ2n) is 9.03. The summed E-state index contributed by atoms with van der Waals surface area (Å²) in [5.41, 5.74) is 4.18. The Balaban J connectivity index is 1.56. The van der Waals surface area contributed by atoms with Crippen LogP contribution in [0.25, 0.3) is 0 Å². The highest BCUT2D eigenvalue weighted by Gasteiger charge is 2.45. The smallest absolute Gasteiger partial charge is 0.336 e. The number of aromatic nitrogens is 1. The Morgan fingerprint density at radius 2 is 1.78 bits per heavy atom. The summed E-state index contributed by atoms with van der Waals surface area (Å²) >= 11 is 0. The van der Waals surface area contributed by atoms with Crippen molar-refractivity contribution in [3.8, 4) is 0 Å². The Hall–Kier alpha value is -3.21. The number of carbonyl (C=O) groups is 2. The van der Waals surface area contributed by atoms with E-state index in [-0.39, 0.29) is 23.8 Å². The van der Waals surface area contributed by atoms with E-state index in [0.717, 1.165) is 48.2 Å². The van der Waals surface area contributed by atoms with E-state index in [1.54, 1.807) is 12.4 Å². The number of esters is 1. The number of fused-ring (bicyclic) bond motifs is 1. The highest BCUT2D eigenvalue weighted by atomic mass is 16.5. The minimum atomic E-state index is -0.436. The van der Waals surface area contributed by atoms with Gasteiger partial charge in [0.25, 0.3) is 0 Å². The molecule has 5 heteroatoms. The lowest BCUT2D eigenvalue weighted by atomic mass is 9.69. The number of hydrogen-bond acceptors (Lipinski definition) is 5. The number of carbonyl (C=O) groups excluding carboxylic acids is 2. The fourth-order valence-electron chi connectivity index (χ4n) is 5.40. The maximum Gasteiger partial charge on any atom is 0.336 e. The third kappa shape index (κ3) is 3.88. The van der Waals surface area contributed by atoms with Crippen LogP contribution in [0.1, 0.15) is 62.0 Å². The molecule has 0 radical (unpaired) electrons. The number of nitrogens with zero attached hydrogens (tertiary/aromatic N) is 1. The van der Waals surface area contributed by atoms with Gasteiger partial charge in [-0.3, -0.25) is 9.78 Å². The first kappa shape index (κ1) is 20.7. The van der Waals surface area contributed by atoms with Gasteiger partial charge in [0.15, 0.2) is 0 Å². The molecule has 0 spiro atoms. The summed E-state index contributed by atoms with van der Waals surface area (Å²) in [5, 5.41) is 3.40. The van der Waals surface area contributed by atoms with Gasteiger partial charge in [0.2, 0.25) is 0 Å². The zero-order chi connectivity index (χ0) is 22.1. The predicted molar refractivity (Wildman–Crippen MR) is 122 cm³/mol. The van der Waals surface area contributed by atoms with Gasteiger partial charge in [0.05, 0.1) is 11.5 Å². The number of benzene rings is 1. The summed E-state index contributed by atoms with van der Waals surface area (Å²) in [6.45, 7) is 1.91. The standard InChI is InChI=1S/C27H28N2O3/c1-17-24(27(31)32-21-11-5-6-12-21)25(19-10-7-13-28-16-19)26-22(29-17)14-20(15-23(26)30)18-8-3-2-4-9-18/h2-4,7-10,13-14,16,20-21,25-26,29H,5-6,11-12,15H2,1H3. The highest BCUT2D eigenvalue weighted by Crippen LogP contribution is 2.46. The van der Waals surface area contributed by atoms with Crippen LogP contribution in [-0.2, 0) is 14.3 Å². The van der Waals surface area contributed by atoms with E-state index in [1.165, 1.54) is 0 Å². The zero-order valence-electron chi connectivity index (χ0n) is 18.3. The molecule has 1 N–H and O–H groups in total. The summed E-state index contributed by atoms with van der Waals surface area (Å²) in [4.78, 5) is 31.2. The Morgan fingerprint density at radius 1 is 1.03 bits per heavy atom. The molecule has 0 saturated heterocycles. The molecule has 3 atom stereocenters. The fraction of sp³-hybridized carbons (Fsp3) is 0.370. The molecule has 2 aromatic rings. The van der Waals surface area contributed by atoms with Crippen LogP contribution >= 0.6 is 0 Å². The predicted octanol–water partition coefficient (Wildman–Crippen LogP) is 4.78. The van der Waals surface area contributed by atoms with Crippen LogP contribution in [0.5, 0.6) is 0 Å². The van der Waals surface area contributed by atoms with Crippen LogP contribution in [0.2, 0.25) is 0 Å². The van der Waals surface area contributed by atoms with Gasteiger partial charge in [-0.25, -0.2) is 4.79 Å². The van der Waals surface area contributed by atoms with Crippen molar-refractivity contribution in [2.24, 2.45) is 5.92 Å². The number of pyridine rings is 1. The Morgan fingerprint density at radius 3 is 2.50 bits per heavy atom. The van der Waals surface area contributed by atoms with E-state index >= 15 is 0 Å². The number of Topliss-reactive ketones (excluding diaryl/α,β-unsaturated/α-hetero) is 1. The summed E-state index contributed by atoms with van der Waals surface area (Å²) < 4.78 is 5.89. The number of ether oxygens (including phenoxy) is 1. The third-order valence-electron chi connectivity index (χ3n) is 6.93. The number of nitrogens with one attached hydrogen (secondary N) is 1. The van der Waals surface area contributed by atoms with Crippen molar-refractivity contribution in [2.45, 2.75) is 57.0 Å². The van der Waals surface area contributed by atoms with Gasteiger partial charge in [-0.15, -0.1) is 0 Å². The Bertz CT molecular complexity index is 1070. The summed E-state index contributed by atoms with van der Waals surface area (Å²) in [7, 11) is 0. The maximum absolute atomic E-state index is 13.5. The highest BCUT2D eigenvalue weighted by molar-refractivity contribution is 5.96. The molecule has 1 aromatic heterocycles. The molecular formula is C27H28N2O3. The van der Waals surface area contributed by atoms with Gasteiger partial charge in [-0.2, -0.15) is 0 Å². The SMILES string of the molecule is CC1=C(C(=O)OC2CCCC2)C(c2cccnc2)C2C(=O)CC(c3ccccc3)C=C2N1. The topological polar surface area (TPSA) is 68.3 Å². The number of ketones is 1. The first-order valence-corrected chi connectivity index (χ1v) is 11.5. The minimum absolute atomic E-state index is 0.0248. The zero-order valence-corrected chi connectivity index (χ0v) is 18.3. The molecule has 3 aliphatic rings. The summed E-state index contributed by atoms with van der Waals surface area (Å²) in [6.07, 6.45) is 10.0. The molecule has 2 heterocycles. The molecule has 164 valence electrons. The first-order chi connectivity index (χ1) is 15.6. The lowest BCUT2D eigenvalue weighted by Gasteiger charge is -2.39. The first-order valence-electron chi connectivity index (χ1n) is 11.5. The molecule has 0 amide bonds. The maximum atomic E-state index is 13.5. The molecule has 1 fully saturated rings. The fourth-order valence-corrected chi connectivity index (χ4v) is 5.40. The molecule has 5 nitrogen and oxygen atoms in total. The number of allylic oxidation sites excluding steroid dienone is 3. The number of hydrogen-bond donors (Lipinski definition) is 1. The molecule has 1 saturated carbocycles. The lowest BCUT2D eigenvalue weighted by Crippen LogP contribution is -2.42. The quantitative estimate of drug-likeness (QED) is 0.710. The molecule has 5 rings (SSSR count). The molecule has 2 aliphatic carbocycles. The third-order valence-corrected chi connectivity index (χ3v) is 6.93. The largest absolute Gasteiger partial charge is 0.459 e. The average molecular weight is 429 g/mol. The molecular weight excluding hydrogens is 400 g/mol. The average Bonchev–Trinajstić information content (AvgIpc) is 3.32. The summed E-state index contributed by atoms with van der Waals surface area (Å²) in [5.74, 6) is -0.982. The molecule has 3 unspecified atom stereocenters. The number of rotatable bonds is 4. The van der Waals surface area contributed by atoms with E-state index in [1.807, 2.05) is 37.3 Å². The van der Waals surface area contributed by atoms with Crippen LogP contribution in [0.4, 0.5) is 0 Å². The van der Waals surface area contributed by atoms with E-state index in [2.05, 4.69) is 28.5 Å². The Kier molecular flexibility index (Phi) is 5.64. The van der Waals surface area contributed by atoms with Crippen molar-refractivity contribution in [1.29, 1.82) is 0 Å².